The van der Waals surface area contributed by atoms with Crippen molar-refractivity contribution in [2.45, 2.75) is 31.5 Å². The predicted octanol–water partition coefficient (Wildman–Crippen LogP) is 0.479. The molecular formula is C9H15F3N2O3S. The lowest BCUT2D eigenvalue weighted by atomic mass is 10.1. The smallest absolute Gasteiger partial charge is 0.353 e. The largest absolute Gasteiger partial charge is 0.397 e. The fourth-order valence-electron chi connectivity index (χ4n) is 1.79. The Morgan fingerprint density at radius 2 is 1.83 bits per heavy atom. The third kappa shape index (κ3) is 5.21. The van der Waals surface area contributed by atoms with Gasteiger partial charge in [0, 0.05) is 19.1 Å². The van der Waals surface area contributed by atoms with Crippen LogP contribution >= 0.6 is 0 Å². The average Bonchev–Trinajstić information content (AvgIpc) is 2.13. The number of rotatable bonds is 3. The summed E-state index contributed by atoms with van der Waals surface area (Å²) in [5.41, 5.74) is 0. The number of carbonyl (C=O) groups is 1. The topological polar surface area (TPSA) is 66.5 Å². The molecule has 1 aliphatic rings. The van der Waals surface area contributed by atoms with Crippen molar-refractivity contribution >= 4 is 15.9 Å². The molecule has 0 aromatic heterocycles. The van der Waals surface area contributed by atoms with Crippen LogP contribution in [0.25, 0.3) is 0 Å². The molecule has 1 heterocycles. The van der Waals surface area contributed by atoms with E-state index in [-0.39, 0.29) is 13.1 Å². The first-order chi connectivity index (χ1) is 8.08. The fraction of sp³-hybridized carbons (Fsp3) is 0.889. The summed E-state index contributed by atoms with van der Waals surface area (Å²) in [7, 11) is -3.27. The summed E-state index contributed by atoms with van der Waals surface area (Å²) in [6, 6.07) is -0.391. The van der Waals surface area contributed by atoms with Gasteiger partial charge >= 0.3 is 6.18 Å². The molecule has 9 heteroatoms. The van der Waals surface area contributed by atoms with Gasteiger partial charge in [0.2, 0.25) is 15.9 Å². The van der Waals surface area contributed by atoms with Crippen molar-refractivity contribution in [2.24, 2.45) is 0 Å². The number of nitrogens with zero attached hydrogens (tertiary/aromatic N) is 1. The number of halogens is 3. The molecule has 0 spiro atoms. The van der Waals surface area contributed by atoms with E-state index in [4.69, 9.17) is 0 Å². The Kier molecular flexibility index (Phi) is 4.60. The Hall–Kier alpha value is -0.830. The first-order valence-corrected chi connectivity index (χ1v) is 7.24. The Labute approximate surface area is 103 Å². The standard InChI is InChI=1S/C9H15F3N2O3S/c1-18(16,17)14-4-2-7(3-5-14)13-8(15)6-9(10,11)12/h7H,2-6H2,1H3,(H,13,15). The molecule has 0 saturated carbocycles. The fourth-order valence-corrected chi connectivity index (χ4v) is 2.67. The van der Waals surface area contributed by atoms with Gasteiger partial charge in [-0.3, -0.25) is 4.79 Å². The maximum Gasteiger partial charge on any atom is 0.397 e. The van der Waals surface area contributed by atoms with Crippen LogP contribution in [0.4, 0.5) is 13.2 Å². The molecule has 0 aromatic carbocycles. The van der Waals surface area contributed by atoms with Crippen molar-refractivity contribution in [2.75, 3.05) is 19.3 Å². The maximum atomic E-state index is 11.9. The summed E-state index contributed by atoms with van der Waals surface area (Å²) in [5, 5.41) is 2.27. The number of nitrogens with one attached hydrogen (secondary N) is 1. The summed E-state index contributed by atoms with van der Waals surface area (Å²) in [5.74, 6) is -1.07. The van der Waals surface area contributed by atoms with E-state index in [1.807, 2.05) is 0 Å². The van der Waals surface area contributed by atoms with E-state index < -0.39 is 34.6 Å². The van der Waals surface area contributed by atoms with E-state index in [9.17, 15) is 26.4 Å². The Balaban J connectivity index is 2.38. The van der Waals surface area contributed by atoms with Gasteiger partial charge in [0.1, 0.15) is 6.42 Å². The van der Waals surface area contributed by atoms with Crippen LogP contribution in [0, 0.1) is 0 Å². The number of carbonyl (C=O) groups excluding carboxylic acids is 1. The van der Waals surface area contributed by atoms with Gasteiger partial charge in [-0.25, -0.2) is 12.7 Å². The summed E-state index contributed by atoms with van der Waals surface area (Å²) in [6.45, 7) is 0.436. The molecule has 1 saturated heterocycles. The molecule has 18 heavy (non-hydrogen) atoms. The minimum Gasteiger partial charge on any atom is -0.353 e. The van der Waals surface area contributed by atoms with Crippen LogP contribution in [0.15, 0.2) is 0 Å². The average molecular weight is 288 g/mol. The highest BCUT2D eigenvalue weighted by Gasteiger charge is 2.33. The lowest BCUT2D eigenvalue weighted by Gasteiger charge is -2.30. The highest BCUT2D eigenvalue weighted by molar-refractivity contribution is 7.88. The van der Waals surface area contributed by atoms with E-state index in [2.05, 4.69) is 5.32 Å². The van der Waals surface area contributed by atoms with Crippen LogP contribution < -0.4 is 5.32 Å². The van der Waals surface area contributed by atoms with Crippen molar-refractivity contribution in [1.82, 2.24) is 9.62 Å². The van der Waals surface area contributed by atoms with Crippen molar-refractivity contribution in [1.29, 1.82) is 0 Å². The van der Waals surface area contributed by atoms with Crippen LogP contribution in [0.3, 0.4) is 0 Å². The van der Waals surface area contributed by atoms with Crippen molar-refractivity contribution in [3.8, 4) is 0 Å². The number of hydrogen-bond donors (Lipinski definition) is 1. The second-order valence-electron chi connectivity index (χ2n) is 4.30. The highest BCUT2D eigenvalue weighted by atomic mass is 32.2. The summed E-state index contributed by atoms with van der Waals surface area (Å²) >= 11 is 0. The van der Waals surface area contributed by atoms with Gasteiger partial charge in [0.15, 0.2) is 0 Å². The first kappa shape index (κ1) is 15.2. The van der Waals surface area contributed by atoms with Gasteiger partial charge in [0.25, 0.3) is 0 Å². The molecule has 5 nitrogen and oxygen atoms in total. The zero-order chi connectivity index (χ0) is 14.0. The molecular weight excluding hydrogens is 273 g/mol. The van der Waals surface area contributed by atoms with Crippen molar-refractivity contribution in [3.05, 3.63) is 0 Å². The number of sulfonamides is 1. The molecule has 1 fully saturated rings. The van der Waals surface area contributed by atoms with E-state index in [0.717, 1.165) is 6.26 Å². The lowest BCUT2D eigenvalue weighted by Crippen LogP contribution is -2.46. The zero-order valence-corrected chi connectivity index (χ0v) is 10.6. The summed E-state index contributed by atoms with van der Waals surface area (Å²) < 4.78 is 59.4. The van der Waals surface area contributed by atoms with Gasteiger partial charge < -0.3 is 5.32 Å². The van der Waals surface area contributed by atoms with Crippen LogP contribution in [-0.4, -0.2) is 50.2 Å². The van der Waals surface area contributed by atoms with Crippen molar-refractivity contribution in [3.63, 3.8) is 0 Å². The SMILES string of the molecule is CS(=O)(=O)N1CCC(NC(=O)CC(F)(F)F)CC1. The van der Waals surface area contributed by atoms with E-state index in [0.29, 0.717) is 12.8 Å². The quantitative estimate of drug-likeness (QED) is 0.821. The Morgan fingerprint density at radius 1 is 1.33 bits per heavy atom. The molecule has 106 valence electrons. The van der Waals surface area contributed by atoms with E-state index in [1.54, 1.807) is 0 Å². The van der Waals surface area contributed by atoms with Gasteiger partial charge in [-0.2, -0.15) is 13.2 Å². The summed E-state index contributed by atoms with van der Waals surface area (Å²) in [4.78, 5) is 11.0. The van der Waals surface area contributed by atoms with Crippen molar-refractivity contribution < 1.29 is 26.4 Å². The maximum absolute atomic E-state index is 11.9. The predicted molar refractivity (Wildman–Crippen MR) is 58.3 cm³/mol. The molecule has 0 radical (unpaired) electrons. The Bertz CT molecular complexity index is 400. The molecule has 0 atom stereocenters. The molecule has 1 N–H and O–H groups in total. The minimum atomic E-state index is -4.52. The zero-order valence-electron chi connectivity index (χ0n) is 9.83. The monoisotopic (exact) mass is 288 g/mol. The molecule has 0 bridgehead atoms. The van der Waals surface area contributed by atoms with E-state index in [1.165, 1.54) is 4.31 Å². The minimum absolute atomic E-state index is 0.218. The number of hydrogen-bond acceptors (Lipinski definition) is 3. The first-order valence-electron chi connectivity index (χ1n) is 5.39. The third-order valence-electron chi connectivity index (χ3n) is 2.65. The normalized spacial score (nSPS) is 19.8. The second-order valence-corrected chi connectivity index (χ2v) is 6.28. The van der Waals surface area contributed by atoms with Crippen LogP contribution in [-0.2, 0) is 14.8 Å². The molecule has 0 aromatic rings. The molecule has 1 amide bonds. The van der Waals surface area contributed by atoms with Crippen LogP contribution in [0.1, 0.15) is 19.3 Å². The van der Waals surface area contributed by atoms with Gasteiger partial charge in [-0.15, -0.1) is 0 Å². The number of amides is 1. The molecule has 1 aliphatic heterocycles. The number of alkyl halides is 3. The lowest BCUT2D eigenvalue weighted by molar-refractivity contribution is -0.154. The van der Waals surface area contributed by atoms with Crippen LogP contribution in [0.2, 0.25) is 0 Å². The Morgan fingerprint density at radius 3 is 2.22 bits per heavy atom. The third-order valence-corrected chi connectivity index (χ3v) is 3.95. The van der Waals surface area contributed by atoms with Crippen LogP contribution in [0.5, 0.6) is 0 Å². The molecule has 1 rings (SSSR count). The highest BCUT2D eigenvalue weighted by Crippen LogP contribution is 2.20. The second kappa shape index (κ2) is 5.43. The van der Waals surface area contributed by atoms with Gasteiger partial charge in [-0.05, 0) is 12.8 Å². The van der Waals surface area contributed by atoms with Gasteiger partial charge in [-0.1, -0.05) is 0 Å². The van der Waals surface area contributed by atoms with E-state index >= 15 is 0 Å². The number of piperidine rings is 1. The molecule has 0 aliphatic carbocycles. The molecule has 0 unspecified atom stereocenters. The summed E-state index contributed by atoms with van der Waals surface area (Å²) in [6.07, 6.45) is -4.28. The van der Waals surface area contributed by atoms with Gasteiger partial charge in [0.05, 0.1) is 6.26 Å².